The lowest BCUT2D eigenvalue weighted by Gasteiger charge is -2.34. The van der Waals surface area contributed by atoms with Crippen LogP contribution in [0.4, 0.5) is 4.79 Å². The number of hydrogen-bond acceptors (Lipinski definition) is 5. The number of amides is 1. The highest BCUT2D eigenvalue weighted by Gasteiger charge is 2.24. The number of aromatic amines is 1. The van der Waals surface area contributed by atoms with Gasteiger partial charge in [0.2, 0.25) is 0 Å². The molecule has 1 amide bonds. The van der Waals surface area contributed by atoms with Gasteiger partial charge in [-0.15, -0.1) is 0 Å². The van der Waals surface area contributed by atoms with Gasteiger partial charge in [-0.25, -0.2) is 9.36 Å². The zero-order valence-corrected chi connectivity index (χ0v) is 17.9. The van der Waals surface area contributed by atoms with Gasteiger partial charge in [-0.3, -0.25) is 9.69 Å². The molecule has 0 aliphatic carbocycles. The molecule has 0 unspecified atom stereocenters. The highest BCUT2D eigenvalue weighted by atomic mass is 16.5. The molecule has 0 spiro atoms. The van der Waals surface area contributed by atoms with Gasteiger partial charge < -0.3 is 20.2 Å². The van der Waals surface area contributed by atoms with E-state index in [0.29, 0.717) is 17.9 Å². The molecule has 8 nitrogen and oxygen atoms in total. The molecule has 8 heteroatoms. The van der Waals surface area contributed by atoms with Crippen LogP contribution < -0.4 is 16.0 Å². The number of carbonyl (C=O) groups excluding carboxylic acids is 1. The minimum absolute atomic E-state index is 0.000509. The largest absolute Gasteiger partial charge is 0.493 e. The fraction of sp³-hybridized carbons (Fsp3) is 0.391. The van der Waals surface area contributed by atoms with Crippen LogP contribution in [0.5, 0.6) is 5.75 Å². The number of H-pyrrole nitrogens is 1. The van der Waals surface area contributed by atoms with Crippen molar-refractivity contribution in [3.63, 3.8) is 0 Å². The van der Waals surface area contributed by atoms with Crippen molar-refractivity contribution in [1.82, 2.24) is 14.5 Å². The maximum Gasteiger partial charge on any atom is 0.325 e. The molecule has 31 heavy (non-hydrogen) atoms. The van der Waals surface area contributed by atoms with E-state index in [-0.39, 0.29) is 5.41 Å². The molecule has 3 N–H and O–H groups in total. The zero-order valence-electron chi connectivity index (χ0n) is 17.9. The lowest BCUT2D eigenvalue weighted by molar-refractivity contribution is 0.0133. The van der Waals surface area contributed by atoms with Gasteiger partial charge in [0, 0.05) is 42.1 Å². The van der Waals surface area contributed by atoms with Crippen molar-refractivity contribution in [2.75, 3.05) is 39.5 Å². The molecule has 0 saturated carbocycles. The molecule has 1 fully saturated rings. The average Bonchev–Trinajstić information content (AvgIpc) is 3.16. The molecule has 1 aliphatic rings. The molecular weight excluding hydrogens is 396 g/mol. The third-order valence-corrected chi connectivity index (χ3v) is 5.45. The summed E-state index contributed by atoms with van der Waals surface area (Å²) < 4.78 is 12.4. The minimum atomic E-state index is -0.807. The van der Waals surface area contributed by atoms with E-state index in [1.54, 1.807) is 12.1 Å². The second-order valence-corrected chi connectivity index (χ2v) is 8.71. The predicted octanol–water partition coefficient (Wildman–Crippen LogP) is 2.66. The van der Waals surface area contributed by atoms with E-state index in [0.717, 1.165) is 54.1 Å². The number of rotatable bonds is 6. The second-order valence-electron chi connectivity index (χ2n) is 8.71. The molecule has 2 aromatic heterocycles. The number of nitrogens with zero attached hydrogens (tertiary/aromatic N) is 2. The van der Waals surface area contributed by atoms with Crippen molar-refractivity contribution in [1.29, 1.82) is 0 Å². The van der Waals surface area contributed by atoms with Crippen LogP contribution in [0, 0.1) is 5.41 Å². The predicted molar refractivity (Wildman–Crippen MR) is 120 cm³/mol. The fourth-order valence-electron chi connectivity index (χ4n) is 3.91. The fourth-order valence-corrected chi connectivity index (χ4v) is 3.91. The number of carbonyl (C=O) groups is 1. The number of ether oxygens (including phenoxy) is 2. The topological polar surface area (TPSA) is 103 Å². The number of aromatic nitrogens is 2. The summed E-state index contributed by atoms with van der Waals surface area (Å²) in [7, 11) is 0. The summed E-state index contributed by atoms with van der Waals surface area (Å²) in [5, 5.41) is 0.923. The minimum Gasteiger partial charge on any atom is -0.493 e. The summed E-state index contributed by atoms with van der Waals surface area (Å²) >= 11 is 0. The van der Waals surface area contributed by atoms with E-state index in [9.17, 15) is 9.59 Å². The summed E-state index contributed by atoms with van der Waals surface area (Å²) in [6, 6.07) is 10.2. The number of pyridine rings is 1. The van der Waals surface area contributed by atoms with Crippen molar-refractivity contribution in [2.24, 2.45) is 11.1 Å². The van der Waals surface area contributed by atoms with Crippen LogP contribution >= 0.6 is 0 Å². The van der Waals surface area contributed by atoms with E-state index in [4.69, 9.17) is 15.2 Å². The molecular formula is C23H28N4O4. The van der Waals surface area contributed by atoms with Crippen molar-refractivity contribution >= 4 is 16.9 Å². The van der Waals surface area contributed by atoms with E-state index in [2.05, 4.69) is 23.7 Å². The molecule has 3 aromatic rings. The quantitative estimate of drug-likeness (QED) is 0.633. The van der Waals surface area contributed by atoms with Crippen LogP contribution in [0.25, 0.3) is 22.2 Å². The first-order valence-corrected chi connectivity index (χ1v) is 10.4. The van der Waals surface area contributed by atoms with Crippen molar-refractivity contribution in [3.05, 3.63) is 52.9 Å². The molecule has 1 aromatic carbocycles. The van der Waals surface area contributed by atoms with Gasteiger partial charge in [0.25, 0.3) is 5.56 Å². The SMILES string of the molecule is CC(C)(COc1ccc2[nH]c(-c3cccn(C(N)=O)c3=O)cc2c1)CN1CCOCC1. The Balaban J connectivity index is 1.50. The van der Waals surface area contributed by atoms with Gasteiger partial charge in [0.1, 0.15) is 5.75 Å². The van der Waals surface area contributed by atoms with Crippen LogP contribution in [0.2, 0.25) is 0 Å². The number of nitrogens with two attached hydrogens (primary N) is 1. The van der Waals surface area contributed by atoms with Gasteiger partial charge in [0.15, 0.2) is 0 Å². The van der Waals surface area contributed by atoms with Crippen LogP contribution in [-0.2, 0) is 4.74 Å². The van der Waals surface area contributed by atoms with E-state index < -0.39 is 11.6 Å². The van der Waals surface area contributed by atoms with Gasteiger partial charge >= 0.3 is 6.03 Å². The molecule has 0 bridgehead atoms. The summed E-state index contributed by atoms with van der Waals surface area (Å²) in [4.78, 5) is 29.6. The van der Waals surface area contributed by atoms with Crippen LogP contribution in [-0.4, -0.2) is 59.9 Å². The Morgan fingerprint density at radius 1 is 1.23 bits per heavy atom. The molecule has 1 saturated heterocycles. The van der Waals surface area contributed by atoms with Crippen molar-refractivity contribution < 1.29 is 14.3 Å². The Kier molecular flexibility index (Phi) is 5.84. The maximum absolute atomic E-state index is 12.5. The van der Waals surface area contributed by atoms with Gasteiger partial charge in [-0.1, -0.05) is 13.8 Å². The van der Waals surface area contributed by atoms with E-state index in [1.165, 1.54) is 6.20 Å². The Labute approximate surface area is 180 Å². The van der Waals surface area contributed by atoms with Crippen LogP contribution in [0.1, 0.15) is 13.8 Å². The van der Waals surface area contributed by atoms with Crippen LogP contribution in [0.15, 0.2) is 47.4 Å². The number of nitrogens with one attached hydrogen (secondary N) is 1. The monoisotopic (exact) mass is 424 g/mol. The lowest BCUT2D eigenvalue weighted by Crippen LogP contribution is -2.43. The Hall–Kier alpha value is -3.10. The average molecular weight is 425 g/mol. The molecule has 0 radical (unpaired) electrons. The third kappa shape index (κ3) is 4.81. The van der Waals surface area contributed by atoms with E-state index in [1.807, 2.05) is 24.3 Å². The molecule has 4 rings (SSSR count). The molecule has 1 aliphatic heterocycles. The molecule has 3 heterocycles. The smallest absolute Gasteiger partial charge is 0.325 e. The van der Waals surface area contributed by atoms with Gasteiger partial charge in [0.05, 0.1) is 31.1 Å². The van der Waals surface area contributed by atoms with Gasteiger partial charge in [-0.2, -0.15) is 0 Å². The first-order chi connectivity index (χ1) is 14.8. The summed E-state index contributed by atoms with van der Waals surface area (Å²) in [6.07, 6.45) is 1.36. The number of fused-ring (bicyclic) bond motifs is 1. The second kappa shape index (κ2) is 8.56. The number of benzene rings is 1. The third-order valence-electron chi connectivity index (χ3n) is 5.45. The van der Waals surface area contributed by atoms with Gasteiger partial charge in [-0.05, 0) is 36.4 Å². The molecule has 0 atom stereocenters. The maximum atomic E-state index is 12.5. The Morgan fingerprint density at radius 2 is 2.00 bits per heavy atom. The number of hydrogen-bond donors (Lipinski definition) is 2. The van der Waals surface area contributed by atoms with Crippen molar-refractivity contribution in [3.8, 4) is 17.0 Å². The highest BCUT2D eigenvalue weighted by Crippen LogP contribution is 2.27. The number of morpholine rings is 1. The Morgan fingerprint density at radius 3 is 2.74 bits per heavy atom. The zero-order chi connectivity index (χ0) is 22.0. The highest BCUT2D eigenvalue weighted by molar-refractivity contribution is 5.87. The Bertz CT molecular complexity index is 1140. The van der Waals surface area contributed by atoms with E-state index >= 15 is 0 Å². The number of primary amides is 1. The molecule has 164 valence electrons. The standard InChI is InChI=1S/C23H28N4O4/c1-23(2,14-26-8-10-30-11-9-26)15-31-17-5-6-19-16(12-17)13-20(25-19)18-4-3-7-27(21(18)28)22(24)29/h3-7,12-13,25H,8-11,14-15H2,1-2H3,(H2,24,29). The summed E-state index contributed by atoms with van der Waals surface area (Å²) in [5.74, 6) is 0.774. The first kappa shape index (κ1) is 21.1. The van der Waals surface area contributed by atoms with Crippen LogP contribution in [0.3, 0.4) is 0 Å². The van der Waals surface area contributed by atoms with Crippen molar-refractivity contribution in [2.45, 2.75) is 13.8 Å². The summed E-state index contributed by atoms with van der Waals surface area (Å²) in [5.41, 5.74) is 6.70. The normalized spacial score (nSPS) is 15.3. The first-order valence-electron chi connectivity index (χ1n) is 10.4. The summed E-state index contributed by atoms with van der Waals surface area (Å²) in [6.45, 7) is 9.44. The lowest BCUT2D eigenvalue weighted by atomic mass is 9.94.